The second-order valence-corrected chi connectivity index (χ2v) is 4.91. The van der Waals surface area contributed by atoms with Gasteiger partial charge in [-0.05, 0) is 31.4 Å². The Morgan fingerprint density at radius 1 is 1.35 bits per heavy atom. The Hall–Kier alpha value is -1.95. The molecule has 1 aliphatic heterocycles. The molecule has 3 rings (SSSR count). The van der Waals surface area contributed by atoms with Gasteiger partial charge in [-0.15, -0.1) is 0 Å². The fraction of sp³-hybridized carbons (Fsp3) is 0.429. The summed E-state index contributed by atoms with van der Waals surface area (Å²) in [5, 5.41) is 3.91. The molecule has 2 N–H and O–H groups in total. The molecule has 1 aliphatic rings. The molecule has 0 spiro atoms. The van der Waals surface area contributed by atoms with E-state index in [9.17, 15) is 4.39 Å². The molecule has 2 aromatic rings. The third kappa shape index (κ3) is 2.65. The number of anilines is 1. The summed E-state index contributed by atoms with van der Waals surface area (Å²) in [5.74, 6) is 0.321. The van der Waals surface area contributed by atoms with Gasteiger partial charge in [-0.25, -0.2) is 4.39 Å². The van der Waals surface area contributed by atoms with Crippen LogP contribution in [0, 0.1) is 5.82 Å². The van der Waals surface area contributed by atoms with Crippen LogP contribution in [0.25, 0.3) is 11.5 Å². The molecule has 20 heavy (non-hydrogen) atoms. The molecular weight excluding hydrogens is 261 g/mol. The van der Waals surface area contributed by atoms with Crippen molar-refractivity contribution in [3.63, 3.8) is 0 Å². The number of nitrogen functional groups attached to an aromatic ring is 1. The number of hydrogen-bond donors (Lipinski definition) is 1. The Labute approximate surface area is 115 Å². The summed E-state index contributed by atoms with van der Waals surface area (Å²) in [7, 11) is 0. The average Bonchev–Trinajstić information content (AvgIpc) is 2.91. The van der Waals surface area contributed by atoms with Gasteiger partial charge in [0.2, 0.25) is 0 Å². The fourth-order valence-electron chi connectivity index (χ4n) is 2.34. The first-order valence-corrected chi connectivity index (χ1v) is 6.72. The summed E-state index contributed by atoms with van der Waals surface area (Å²) in [6.45, 7) is 0.784. The highest BCUT2D eigenvalue weighted by molar-refractivity contribution is 5.70. The third-order valence-electron chi connectivity index (χ3n) is 3.44. The lowest BCUT2D eigenvalue weighted by Crippen LogP contribution is -2.21. The Balaban J connectivity index is 1.77. The first-order chi connectivity index (χ1) is 9.74. The predicted octanol–water partition coefficient (Wildman–Crippen LogP) is 2.57. The highest BCUT2D eigenvalue weighted by Gasteiger charge is 2.19. The number of rotatable bonds is 3. The van der Waals surface area contributed by atoms with Crippen LogP contribution < -0.4 is 5.73 Å². The molecule has 1 aromatic heterocycles. The third-order valence-corrected chi connectivity index (χ3v) is 3.44. The van der Waals surface area contributed by atoms with Crippen LogP contribution in [-0.4, -0.2) is 22.9 Å². The molecule has 5 nitrogen and oxygen atoms in total. The summed E-state index contributed by atoms with van der Waals surface area (Å²) in [6.07, 6.45) is 4.02. The zero-order valence-electron chi connectivity index (χ0n) is 11.0. The summed E-state index contributed by atoms with van der Waals surface area (Å²) in [4.78, 5) is 4.27. The van der Waals surface area contributed by atoms with E-state index >= 15 is 0 Å². The van der Waals surface area contributed by atoms with Crippen molar-refractivity contribution in [2.24, 2.45) is 0 Å². The highest BCUT2D eigenvalue weighted by Crippen LogP contribution is 2.26. The van der Waals surface area contributed by atoms with Crippen molar-refractivity contribution in [2.75, 3.05) is 12.3 Å². The molecule has 1 aromatic carbocycles. The van der Waals surface area contributed by atoms with Crippen molar-refractivity contribution in [3.8, 4) is 11.5 Å². The topological polar surface area (TPSA) is 74.2 Å². The molecule has 1 atom stereocenters. The molecule has 1 saturated heterocycles. The largest absolute Gasteiger partial charge is 0.396 e. The van der Waals surface area contributed by atoms with Gasteiger partial charge in [-0.2, -0.15) is 4.98 Å². The van der Waals surface area contributed by atoms with Gasteiger partial charge < -0.3 is 15.0 Å². The highest BCUT2D eigenvalue weighted by atomic mass is 19.1. The fourth-order valence-corrected chi connectivity index (χ4v) is 2.34. The number of para-hydroxylation sites is 1. The van der Waals surface area contributed by atoms with Gasteiger partial charge in [-0.3, -0.25) is 0 Å². The van der Waals surface area contributed by atoms with E-state index in [2.05, 4.69) is 10.1 Å². The van der Waals surface area contributed by atoms with Gasteiger partial charge in [0.25, 0.3) is 5.89 Å². The van der Waals surface area contributed by atoms with Crippen LogP contribution in [0.3, 0.4) is 0 Å². The number of aromatic nitrogens is 2. The van der Waals surface area contributed by atoms with Crippen LogP contribution in [-0.2, 0) is 11.2 Å². The van der Waals surface area contributed by atoms with E-state index in [1.54, 1.807) is 12.1 Å². The molecule has 0 saturated carbocycles. The predicted molar refractivity (Wildman–Crippen MR) is 71.4 cm³/mol. The number of nitrogens with two attached hydrogens (primary N) is 1. The normalized spacial score (nSPS) is 19.1. The van der Waals surface area contributed by atoms with Crippen molar-refractivity contribution < 1.29 is 13.7 Å². The standard InChI is InChI=1S/C14H16FN3O2/c15-11-6-3-5-10(13(11)16)14-17-12(18-20-14)8-9-4-1-2-7-19-9/h3,5-6,9H,1-2,4,7-8,16H2. The van der Waals surface area contributed by atoms with Crippen LogP contribution in [0.1, 0.15) is 25.1 Å². The minimum atomic E-state index is -0.488. The number of benzene rings is 1. The van der Waals surface area contributed by atoms with E-state index in [0.717, 1.165) is 25.9 Å². The van der Waals surface area contributed by atoms with Crippen molar-refractivity contribution in [3.05, 3.63) is 29.8 Å². The zero-order valence-corrected chi connectivity index (χ0v) is 11.0. The van der Waals surface area contributed by atoms with Gasteiger partial charge in [0.15, 0.2) is 5.82 Å². The lowest BCUT2D eigenvalue weighted by molar-refractivity contribution is 0.0153. The van der Waals surface area contributed by atoms with Crippen LogP contribution in [0.2, 0.25) is 0 Å². The van der Waals surface area contributed by atoms with Gasteiger partial charge in [0.1, 0.15) is 5.82 Å². The van der Waals surface area contributed by atoms with E-state index in [1.807, 2.05) is 0 Å². The van der Waals surface area contributed by atoms with Crippen molar-refractivity contribution >= 4 is 5.69 Å². The second-order valence-electron chi connectivity index (χ2n) is 4.91. The molecule has 1 fully saturated rings. The maximum Gasteiger partial charge on any atom is 0.260 e. The van der Waals surface area contributed by atoms with E-state index < -0.39 is 5.82 Å². The maximum atomic E-state index is 13.4. The average molecular weight is 277 g/mol. The van der Waals surface area contributed by atoms with Crippen LogP contribution in [0.4, 0.5) is 10.1 Å². The Morgan fingerprint density at radius 2 is 2.25 bits per heavy atom. The van der Waals surface area contributed by atoms with E-state index in [1.165, 1.54) is 6.07 Å². The molecular formula is C14H16FN3O2. The molecule has 106 valence electrons. The quantitative estimate of drug-likeness (QED) is 0.873. The lowest BCUT2D eigenvalue weighted by atomic mass is 10.1. The molecule has 0 bridgehead atoms. The minimum Gasteiger partial charge on any atom is -0.396 e. The zero-order chi connectivity index (χ0) is 13.9. The number of halogens is 1. The van der Waals surface area contributed by atoms with E-state index in [0.29, 0.717) is 17.8 Å². The molecule has 2 heterocycles. The first kappa shape index (κ1) is 13.1. The Morgan fingerprint density at radius 3 is 3.05 bits per heavy atom. The Kier molecular flexibility index (Phi) is 3.64. The molecule has 0 aliphatic carbocycles. The second kappa shape index (κ2) is 5.58. The summed E-state index contributed by atoms with van der Waals surface area (Å²) in [5.41, 5.74) is 6.13. The molecule has 1 unspecified atom stereocenters. The van der Waals surface area contributed by atoms with Gasteiger partial charge in [0, 0.05) is 13.0 Å². The van der Waals surface area contributed by atoms with E-state index in [-0.39, 0.29) is 17.7 Å². The first-order valence-electron chi connectivity index (χ1n) is 6.72. The summed E-state index contributed by atoms with van der Waals surface area (Å²) < 4.78 is 24.2. The molecule has 0 amide bonds. The van der Waals surface area contributed by atoms with Gasteiger partial charge in [-0.1, -0.05) is 11.2 Å². The number of ether oxygens (including phenoxy) is 1. The summed E-state index contributed by atoms with van der Waals surface area (Å²) in [6, 6.07) is 4.52. The van der Waals surface area contributed by atoms with Crippen molar-refractivity contribution in [1.82, 2.24) is 10.1 Å². The molecule has 0 radical (unpaired) electrons. The lowest BCUT2D eigenvalue weighted by Gasteiger charge is -2.20. The van der Waals surface area contributed by atoms with E-state index in [4.69, 9.17) is 15.0 Å². The monoisotopic (exact) mass is 277 g/mol. The molecule has 6 heteroatoms. The van der Waals surface area contributed by atoms with Crippen molar-refractivity contribution in [2.45, 2.75) is 31.8 Å². The summed E-state index contributed by atoms with van der Waals surface area (Å²) >= 11 is 0. The number of hydrogen-bond acceptors (Lipinski definition) is 5. The van der Waals surface area contributed by atoms with Gasteiger partial charge in [0.05, 0.1) is 17.4 Å². The van der Waals surface area contributed by atoms with Gasteiger partial charge >= 0.3 is 0 Å². The maximum absolute atomic E-state index is 13.4. The Bertz CT molecular complexity index is 594. The number of nitrogens with zero attached hydrogens (tertiary/aromatic N) is 2. The van der Waals surface area contributed by atoms with Crippen LogP contribution in [0.5, 0.6) is 0 Å². The SMILES string of the molecule is Nc1c(F)cccc1-c1nc(CC2CCCCO2)no1. The van der Waals surface area contributed by atoms with Crippen molar-refractivity contribution in [1.29, 1.82) is 0 Å². The smallest absolute Gasteiger partial charge is 0.260 e. The van der Waals surface area contributed by atoms with Crippen LogP contribution in [0.15, 0.2) is 22.7 Å². The van der Waals surface area contributed by atoms with Crippen LogP contribution >= 0.6 is 0 Å². The minimum absolute atomic E-state index is 0.0246.